The Bertz CT molecular complexity index is 493. The van der Waals surface area contributed by atoms with Crippen molar-refractivity contribution in [1.29, 1.82) is 0 Å². The Morgan fingerprint density at radius 1 is 1.43 bits per heavy atom. The molecule has 1 saturated heterocycles. The molecule has 6 heteroatoms. The molecule has 21 heavy (non-hydrogen) atoms. The number of nitrogens with one attached hydrogen (secondary N) is 1. The zero-order valence-corrected chi connectivity index (χ0v) is 14.3. The van der Waals surface area contributed by atoms with Crippen LogP contribution in [0.5, 0.6) is 0 Å². The number of nitrogens with zero attached hydrogens (tertiary/aromatic N) is 2. The van der Waals surface area contributed by atoms with E-state index >= 15 is 0 Å². The average Bonchev–Trinajstić information content (AvgIpc) is 3.04. The third-order valence-corrected chi connectivity index (χ3v) is 4.94. The molecule has 0 radical (unpaired) electrons. The number of rotatable bonds is 4. The van der Waals surface area contributed by atoms with Gasteiger partial charge in [0, 0.05) is 25.0 Å². The first-order valence-electron chi connectivity index (χ1n) is 7.52. The molecule has 0 bridgehead atoms. The molecule has 1 amide bonds. The van der Waals surface area contributed by atoms with Crippen LogP contribution in [0.2, 0.25) is 0 Å². The molecule has 1 aromatic heterocycles. The van der Waals surface area contributed by atoms with E-state index < -0.39 is 0 Å². The Hall–Kier alpha value is -1.01. The molecule has 2 heterocycles. The van der Waals surface area contributed by atoms with Gasteiger partial charge in [-0.05, 0) is 11.8 Å². The lowest BCUT2D eigenvalue weighted by molar-refractivity contribution is 0.00737. The van der Waals surface area contributed by atoms with Crippen LogP contribution in [0.3, 0.4) is 0 Å². The fraction of sp³-hybridized carbons (Fsp3) is 0.800. The molecule has 1 aliphatic rings. The zero-order chi connectivity index (χ0) is 15.6. The number of ether oxygens (including phenoxy) is 1. The SMILES string of the molecule is CC(C)c1nnc(C(=O)NC[C@H]2CCO[C@@H]2C(C)(C)C)s1. The van der Waals surface area contributed by atoms with Gasteiger partial charge in [0.05, 0.1) is 6.10 Å². The van der Waals surface area contributed by atoms with Crippen LogP contribution >= 0.6 is 11.3 Å². The minimum atomic E-state index is -0.126. The van der Waals surface area contributed by atoms with Crippen molar-refractivity contribution in [2.45, 2.75) is 53.1 Å². The van der Waals surface area contributed by atoms with Gasteiger partial charge in [0.1, 0.15) is 5.01 Å². The summed E-state index contributed by atoms with van der Waals surface area (Å²) in [6.07, 6.45) is 1.19. The van der Waals surface area contributed by atoms with Crippen LogP contribution in [-0.4, -0.2) is 35.4 Å². The van der Waals surface area contributed by atoms with E-state index in [-0.39, 0.29) is 17.4 Å². The average molecular weight is 311 g/mol. The first-order valence-corrected chi connectivity index (χ1v) is 8.34. The second-order valence-corrected chi connectivity index (χ2v) is 8.03. The first kappa shape index (κ1) is 16.4. The largest absolute Gasteiger partial charge is 0.377 e. The lowest BCUT2D eigenvalue weighted by Gasteiger charge is -2.31. The first-order chi connectivity index (χ1) is 9.79. The summed E-state index contributed by atoms with van der Waals surface area (Å²) in [5.41, 5.74) is 0.0967. The van der Waals surface area contributed by atoms with Crippen LogP contribution in [-0.2, 0) is 4.74 Å². The van der Waals surface area contributed by atoms with E-state index in [4.69, 9.17) is 4.74 Å². The highest BCUT2D eigenvalue weighted by molar-refractivity contribution is 7.13. The maximum atomic E-state index is 12.1. The molecular formula is C15H25N3O2S. The molecule has 2 rings (SSSR count). The molecule has 0 saturated carbocycles. The van der Waals surface area contributed by atoms with Gasteiger partial charge >= 0.3 is 0 Å². The van der Waals surface area contributed by atoms with Crippen molar-refractivity contribution < 1.29 is 9.53 Å². The summed E-state index contributed by atoms with van der Waals surface area (Å²) in [5.74, 6) is 0.544. The van der Waals surface area contributed by atoms with Crippen LogP contribution in [0, 0.1) is 11.3 Å². The Balaban J connectivity index is 1.91. The topological polar surface area (TPSA) is 64.1 Å². The lowest BCUT2D eigenvalue weighted by atomic mass is 9.81. The standard InChI is InChI=1S/C15H25N3O2S/c1-9(2)13-17-18-14(21-13)12(19)16-8-10-6-7-20-11(10)15(3,4)5/h9-11H,6-8H2,1-5H3,(H,16,19)/t10-,11+/m1/s1. The van der Waals surface area contributed by atoms with Crippen molar-refractivity contribution in [1.82, 2.24) is 15.5 Å². The maximum Gasteiger partial charge on any atom is 0.282 e. The van der Waals surface area contributed by atoms with Crippen molar-refractivity contribution in [2.24, 2.45) is 11.3 Å². The van der Waals surface area contributed by atoms with Gasteiger partial charge in [0.2, 0.25) is 5.01 Å². The molecule has 1 fully saturated rings. The third kappa shape index (κ3) is 4.01. The minimum Gasteiger partial charge on any atom is -0.377 e. The van der Waals surface area contributed by atoms with Crippen molar-refractivity contribution in [2.75, 3.05) is 13.2 Å². The molecule has 0 spiro atoms. The summed E-state index contributed by atoms with van der Waals surface area (Å²) in [6.45, 7) is 12.0. The van der Waals surface area contributed by atoms with E-state index in [1.165, 1.54) is 11.3 Å². The number of carbonyl (C=O) groups excluding carboxylic acids is 1. The van der Waals surface area contributed by atoms with E-state index in [2.05, 4.69) is 36.3 Å². The van der Waals surface area contributed by atoms with Gasteiger partial charge in [-0.3, -0.25) is 4.79 Å². The zero-order valence-electron chi connectivity index (χ0n) is 13.5. The van der Waals surface area contributed by atoms with Crippen molar-refractivity contribution >= 4 is 17.2 Å². The quantitative estimate of drug-likeness (QED) is 0.928. The molecule has 118 valence electrons. The monoisotopic (exact) mass is 311 g/mol. The van der Waals surface area contributed by atoms with Crippen molar-refractivity contribution in [3.8, 4) is 0 Å². The Morgan fingerprint density at radius 2 is 2.14 bits per heavy atom. The molecule has 0 aliphatic carbocycles. The second-order valence-electron chi connectivity index (χ2n) is 7.02. The second kappa shape index (κ2) is 6.40. The number of hydrogen-bond donors (Lipinski definition) is 1. The molecular weight excluding hydrogens is 286 g/mol. The predicted octanol–water partition coefficient (Wildman–Crippen LogP) is 2.84. The van der Waals surface area contributed by atoms with E-state index in [9.17, 15) is 4.79 Å². The normalized spacial score (nSPS) is 22.8. The van der Waals surface area contributed by atoms with Gasteiger partial charge in [-0.15, -0.1) is 10.2 Å². The van der Waals surface area contributed by atoms with Gasteiger partial charge < -0.3 is 10.1 Å². The highest BCUT2D eigenvalue weighted by Crippen LogP contribution is 2.34. The Kier molecular flexibility index (Phi) is 4.99. The fourth-order valence-electron chi connectivity index (χ4n) is 2.66. The minimum absolute atomic E-state index is 0.0967. The molecule has 1 aliphatic heterocycles. The molecule has 5 nitrogen and oxygen atoms in total. The van der Waals surface area contributed by atoms with E-state index in [0.29, 0.717) is 23.4 Å². The van der Waals surface area contributed by atoms with Crippen LogP contribution in [0.4, 0.5) is 0 Å². The Labute approximate surface area is 130 Å². The van der Waals surface area contributed by atoms with Crippen molar-refractivity contribution in [3.63, 3.8) is 0 Å². The van der Waals surface area contributed by atoms with Crippen LogP contribution in [0.1, 0.15) is 61.8 Å². The number of hydrogen-bond acceptors (Lipinski definition) is 5. The van der Waals surface area contributed by atoms with E-state index in [0.717, 1.165) is 18.0 Å². The molecule has 0 unspecified atom stereocenters. The van der Waals surface area contributed by atoms with Crippen LogP contribution in [0.15, 0.2) is 0 Å². The highest BCUT2D eigenvalue weighted by Gasteiger charge is 2.37. The third-order valence-electron chi connectivity index (χ3n) is 3.72. The summed E-state index contributed by atoms with van der Waals surface area (Å²) in [6, 6.07) is 0. The summed E-state index contributed by atoms with van der Waals surface area (Å²) in [7, 11) is 0. The lowest BCUT2D eigenvalue weighted by Crippen LogP contribution is -2.38. The van der Waals surface area contributed by atoms with Gasteiger partial charge in [0.25, 0.3) is 5.91 Å². The number of aromatic nitrogens is 2. The van der Waals surface area contributed by atoms with Gasteiger partial charge in [-0.1, -0.05) is 46.0 Å². The van der Waals surface area contributed by atoms with Crippen LogP contribution < -0.4 is 5.32 Å². The molecule has 2 atom stereocenters. The fourth-order valence-corrected chi connectivity index (χ4v) is 3.42. The summed E-state index contributed by atoms with van der Waals surface area (Å²) < 4.78 is 5.83. The number of amides is 1. The summed E-state index contributed by atoms with van der Waals surface area (Å²) in [5, 5.41) is 12.4. The van der Waals surface area contributed by atoms with Gasteiger partial charge in [0.15, 0.2) is 0 Å². The van der Waals surface area contributed by atoms with E-state index in [1.54, 1.807) is 0 Å². The van der Waals surface area contributed by atoms with Gasteiger partial charge in [-0.2, -0.15) is 0 Å². The van der Waals surface area contributed by atoms with Gasteiger partial charge in [-0.25, -0.2) is 0 Å². The Morgan fingerprint density at radius 3 is 2.71 bits per heavy atom. The summed E-state index contributed by atoms with van der Waals surface area (Å²) >= 11 is 1.37. The molecule has 1 N–H and O–H groups in total. The predicted molar refractivity (Wildman–Crippen MR) is 83.6 cm³/mol. The number of carbonyl (C=O) groups is 1. The van der Waals surface area contributed by atoms with E-state index in [1.807, 2.05) is 13.8 Å². The summed E-state index contributed by atoms with van der Waals surface area (Å²) in [4.78, 5) is 12.1. The molecule has 0 aromatic carbocycles. The van der Waals surface area contributed by atoms with Crippen molar-refractivity contribution in [3.05, 3.63) is 10.0 Å². The smallest absolute Gasteiger partial charge is 0.282 e. The van der Waals surface area contributed by atoms with Crippen LogP contribution in [0.25, 0.3) is 0 Å². The maximum absolute atomic E-state index is 12.1. The highest BCUT2D eigenvalue weighted by atomic mass is 32.1. The molecule has 1 aromatic rings.